The molecular weight excluding hydrogens is 432 g/mol. The summed E-state index contributed by atoms with van der Waals surface area (Å²) in [6, 6.07) is 17.0. The largest absolute Gasteiger partial charge is 0.351 e. The molecule has 1 amide bonds. The fourth-order valence-electron chi connectivity index (χ4n) is 3.07. The molecule has 9 heteroatoms. The number of carbonyl (C=O) groups is 1. The first kappa shape index (κ1) is 23.1. The number of thioether (sulfide) groups is 1. The molecule has 0 aliphatic rings. The number of benzene rings is 2. The van der Waals surface area contributed by atoms with Crippen LogP contribution in [0.1, 0.15) is 17.5 Å². The van der Waals surface area contributed by atoms with E-state index in [1.54, 1.807) is 36.2 Å². The van der Waals surface area contributed by atoms with Crippen LogP contribution in [-0.4, -0.2) is 42.2 Å². The molecule has 7 nitrogen and oxygen atoms in total. The quantitative estimate of drug-likeness (QED) is 0.461. The molecule has 3 rings (SSSR count). The standard InChI is InChI=1S/C22H26N4O3S2/c1-30-14-11-21(25-31(28,29)20-9-3-2-4-10-20)22(27)23-16-18-7-5-8-19(15-18)17-26-13-6-12-24-26/h2-10,12-13,15,21,25H,11,14,16-17H2,1H3,(H,23,27). The fourth-order valence-corrected chi connectivity index (χ4v) is 4.79. The topological polar surface area (TPSA) is 93.1 Å². The van der Waals surface area contributed by atoms with Crippen LogP contribution >= 0.6 is 11.8 Å². The first-order valence-electron chi connectivity index (χ1n) is 9.87. The minimum atomic E-state index is -3.78. The van der Waals surface area contributed by atoms with E-state index in [4.69, 9.17) is 0 Å². The van der Waals surface area contributed by atoms with Crippen molar-refractivity contribution in [3.05, 3.63) is 84.2 Å². The van der Waals surface area contributed by atoms with Crippen molar-refractivity contribution >= 4 is 27.7 Å². The Morgan fingerprint density at radius 1 is 1.10 bits per heavy atom. The highest BCUT2D eigenvalue weighted by molar-refractivity contribution is 7.98. The van der Waals surface area contributed by atoms with Crippen LogP contribution in [-0.2, 0) is 27.9 Å². The van der Waals surface area contributed by atoms with Crippen molar-refractivity contribution in [1.29, 1.82) is 0 Å². The molecule has 3 aromatic rings. The minimum Gasteiger partial charge on any atom is -0.351 e. The number of amides is 1. The molecule has 1 heterocycles. The molecule has 1 unspecified atom stereocenters. The van der Waals surface area contributed by atoms with Gasteiger partial charge in [0.15, 0.2) is 0 Å². The van der Waals surface area contributed by atoms with E-state index in [1.807, 2.05) is 47.5 Å². The van der Waals surface area contributed by atoms with Crippen LogP contribution in [0.2, 0.25) is 0 Å². The van der Waals surface area contributed by atoms with Gasteiger partial charge in [-0.3, -0.25) is 9.48 Å². The highest BCUT2D eigenvalue weighted by atomic mass is 32.2. The van der Waals surface area contributed by atoms with Crippen LogP contribution in [0, 0.1) is 0 Å². The molecule has 2 aromatic carbocycles. The summed E-state index contributed by atoms with van der Waals surface area (Å²) in [6.45, 7) is 0.955. The summed E-state index contributed by atoms with van der Waals surface area (Å²) >= 11 is 1.56. The Hall–Kier alpha value is -2.62. The van der Waals surface area contributed by atoms with Crippen molar-refractivity contribution in [3.63, 3.8) is 0 Å². The average Bonchev–Trinajstić information content (AvgIpc) is 3.29. The van der Waals surface area contributed by atoms with Gasteiger partial charge in [-0.15, -0.1) is 0 Å². The maximum atomic E-state index is 12.8. The van der Waals surface area contributed by atoms with E-state index in [1.165, 1.54) is 12.1 Å². The van der Waals surface area contributed by atoms with E-state index in [0.29, 0.717) is 25.3 Å². The number of carbonyl (C=O) groups excluding carboxylic acids is 1. The smallest absolute Gasteiger partial charge is 0.241 e. The lowest BCUT2D eigenvalue weighted by Crippen LogP contribution is -2.46. The minimum absolute atomic E-state index is 0.142. The predicted molar refractivity (Wildman–Crippen MR) is 123 cm³/mol. The highest BCUT2D eigenvalue weighted by Gasteiger charge is 2.25. The Bertz CT molecular complexity index is 1070. The highest BCUT2D eigenvalue weighted by Crippen LogP contribution is 2.11. The summed E-state index contributed by atoms with van der Waals surface area (Å²) in [5, 5.41) is 7.08. The van der Waals surface area contributed by atoms with Gasteiger partial charge in [0.25, 0.3) is 0 Å². The van der Waals surface area contributed by atoms with Gasteiger partial charge in [-0.1, -0.05) is 42.5 Å². The van der Waals surface area contributed by atoms with Crippen LogP contribution in [0.5, 0.6) is 0 Å². The van der Waals surface area contributed by atoms with E-state index < -0.39 is 16.1 Å². The van der Waals surface area contributed by atoms with Crippen LogP contribution < -0.4 is 10.0 Å². The van der Waals surface area contributed by atoms with Gasteiger partial charge in [-0.25, -0.2) is 8.42 Å². The summed E-state index contributed by atoms with van der Waals surface area (Å²) in [5.41, 5.74) is 2.01. The number of nitrogens with one attached hydrogen (secondary N) is 2. The molecule has 164 valence electrons. The van der Waals surface area contributed by atoms with Crippen molar-refractivity contribution < 1.29 is 13.2 Å². The first-order chi connectivity index (χ1) is 15.0. The maximum Gasteiger partial charge on any atom is 0.241 e. The Labute approximate surface area is 187 Å². The third-order valence-electron chi connectivity index (χ3n) is 4.64. The second-order valence-electron chi connectivity index (χ2n) is 7.01. The molecule has 2 N–H and O–H groups in total. The van der Waals surface area contributed by atoms with Gasteiger partial charge in [0.2, 0.25) is 15.9 Å². The monoisotopic (exact) mass is 458 g/mol. The zero-order valence-electron chi connectivity index (χ0n) is 17.3. The number of sulfonamides is 1. The van der Waals surface area contributed by atoms with Crippen LogP contribution in [0.4, 0.5) is 0 Å². The van der Waals surface area contributed by atoms with Gasteiger partial charge < -0.3 is 5.32 Å². The molecule has 0 radical (unpaired) electrons. The third kappa shape index (κ3) is 6.95. The fraction of sp³-hybridized carbons (Fsp3) is 0.273. The van der Waals surface area contributed by atoms with Crippen LogP contribution in [0.3, 0.4) is 0 Å². The lowest BCUT2D eigenvalue weighted by Gasteiger charge is -2.18. The number of rotatable bonds is 11. The van der Waals surface area contributed by atoms with Crippen LogP contribution in [0.15, 0.2) is 78.0 Å². The molecule has 1 aromatic heterocycles. The summed E-state index contributed by atoms with van der Waals surface area (Å²) in [7, 11) is -3.78. The van der Waals surface area contributed by atoms with E-state index in [0.717, 1.165) is 11.1 Å². The number of aromatic nitrogens is 2. The van der Waals surface area contributed by atoms with Gasteiger partial charge in [-0.05, 0) is 47.8 Å². The van der Waals surface area contributed by atoms with Crippen molar-refractivity contribution in [2.24, 2.45) is 0 Å². The molecule has 0 aliphatic carbocycles. The van der Waals surface area contributed by atoms with Gasteiger partial charge >= 0.3 is 0 Å². The molecule has 0 fully saturated rings. The first-order valence-corrected chi connectivity index (χ1v) is 12.7. The van der Waals surface area contributed by atoms with Gasteiger partial charge in [-0.2, -0.15) is 21.6 Å². The van der Waals surface area contributed by atoms with Crippen molar-refractivity contribution in [2.75, 3.05) is 12.0 Å². The van der Waals surface area contributed by atoms with Crippen molar-refractivity contribution in [1.82, 2.24) is 19.8 Å². The Kier molecular flexibility index (Phi) is 8.27. The summed E-state index contributed by atoms with van der Waals surface area (Å²) in [4.78, 5) is 13.0. The number of hydrogen-bond donors (Lipinski definition) is 2. The molecule has 1 atom stereocenters. The van der Waals surface area contributed by atoms with Crippen molar-refractivity contribution in [3.8, 4) is 0 Å². The third-order valence-corrected chi connectivity index (χ3v) is 6.77. The van der Waals surface area contributed by atoms with Crippen molar-refractivity contribution in [2.45, 2.75) is 30.4 Å². The van der Waals surface area contributed by atoms with Gasteiger partial charge in [0, 0.05) is 18.9 Å². The SMILES string of the molecule is CSCCC(NS(=O)(=O)c1ccccc1)C(=O)NCc1cccc(Cn2cccn2)c1. The predicted octanol–water partition coefficient (Wildman–Crippen LogP) is 2.65. The molecule has 0 saturated carbocycles. The zero-order valence-corrected chi connectivity index (χ0v) is 18.9. The Balaban J connectivity index is 1.64. The van der Waals surface area contributed by atoms with E-state index in [-0.39, 0.29) is 10.8 Å². The molecule has 0 spiro atoms. The van der Waals surface area contributed by atoms with E-state index >= 15 is 0 Å². The Morgan fingerprint density at radius 2 is 1.87 bits per heavy atom. The second kappa shape index (κ2) is 11.1. The molecular formula is C22H26N4O3S2. The van der Waals surface area contributed by atoms with Gasteiger partial charge in [0.05, 0.1) is 11.4 Å². The zero-order chi connectivity index (χ0) is 22.1. The molecule has 0 saturated heterocycles. The number of nitrogens with zero attached hydrogens (tertiary/aromatic N) is 2. The molecule has 31 heavy (non-hydrogen) atoms. The van der Waals surface area contributed by atoms with E-state index in [9.17, 15) is 13.2 Å². The number of hydrogen-bond acceptors (Lipinski definition) is 5. The summed E-state index contributed by atoms with van der Waals surface area (Å²) < 4.78 is 29.7. The van der Waals surface area contributed by atoms with Crippen LogP contribution in [0.25, 0.3) is 0 Å². The average molecular weight is 459 g/mol. The molecule has 0 aliphatic heterocycles. The summed E-state index contributed by atoms with van der Waals surface area (Å²) in [6.07, 6.45) is 5.95. The summed E-state index contributed by atoms with van der Waals surface area (Å²) in [5.74, 6) is 0.320. The van der Waals surface area contributed by atoms with E-state index in [2.05, 4.69) is 15.1 Å². The van der Waals surface area contributed by atoms with Gasteiger partial charge in [0.1, 0.15) is 6.04 Å². The lowest BCUT2D eigenvalue weighted by molar-refractivity contribution is -0.122. The molecule has 0 bridgehead atoms. The Morgan fingerprint density at radius 3 is 2.58 bits per heavy atom. The normalized spacial score (nSPS) is 12.4. The second-order valence-corrected chi connectivity index (χ2v) is 9.71. The lowest BCUT2D eigenvalue weighted by atomic mass is 10.1. The maximum absolute atomic E-state index is 12.8.